The molecule has 2 aliphatic rings. The number of halogens is 1. The molecule has 0 atom stereocenters. The van der Waals surface area contributed by atoms with Gasteiger partial charge in [0.2, 0.25) is 10.7 Å². The van der Waals surface area contributed by atoms with Crippen molar-refractivity contribution in [3.63, 3.8) is 0 Å². The Morgan fingerprint density at radius 2 is 1.91 bits per heavy atom. The summed E-state index contributed by atoms with van der Waals surface area (Å²) in [5.74, 6) is -1.31. The van der Waals surface area contributed by atoms with Gasteiger partial charge in [0, 0.05) is 30.7 Å². The molecule has 0 unspecified atom stereocenters. The maximum atomic E-state index is 15.1. The van der Waals surface area contributed by atoms with Crippen LogP contribution in [0, 0.1) is 11.0 Å². The number of hydrogen-bond acceptors (Lipinski definition) is 6. The van der Waals surface area contributed by atoms with Gasteiger partial charge in [-0.3, -0.25) is 4.79 Å². The smallest absolute Gasteiger partial charge is 0.344 e. The van der Waals surface area contributed by atoms with Gasteiger partial charge >= 0.3 is 5.97 Å². The first kappa shape index (κ1) is 21.8. The third kappa shape index (κ3) is 4.19. The summed E-state index contributed by atoms with van der Waals surface area (Å²) < 4.78 is 22.4. The van der Waals surface area contributed by atoms with Crippen LogP contribution < -0.4 is 10.3 Å². The van der Waals surface area contributed by atoms with Crippen molar-refractivity contribution < 1.29 is 24.1 Å². The summed E-state index contributed by atoms with van der Waals surface area (Å²) in [7, 11) is 0. The molecule has 4 rings (SSSR count). The van der Waals surface area contributed by atoms with E-state index < -0.39 is 22.8 Å². The number of ether oxygens (including phenoxy) is 1. The van der Waals surface area contributed by atoms with E-state index >= 15 is 4.39 Å². The van der Waals surface area contributed by atoms with Crippen molar-refractivity contribution in [2.45, 2.75) is 45.3 Å². The highest BCUT2D eigenvalue weighted by Gasteiger charge is 2.30. The zero-order chi connectivity index (χ0) is 23.2. The number of hydrazine groups is 1. The molecular formula is C21H26FN5O5. The second-order valence-corrected chi connectivity index (χ2v) is 9.12. The Kier molecular flexibility index (Phi) is 5.43. The lowest BCUT2D eigenvalue weighted by atomic mass is 10.1. The van der Waals surface area contributed by atoms with Gasteiger partial charge < -0.3 is 24.6 Å². The van der Waals surface area contributed by atoms with E-state index in [4.69, 9.17) is 9.94 Å². The molecule has 0 spiro atoms. The first-order chi connectivity index (χ1) is 15.1. The molecule has 1 aliphatic heterocycles. The van der Waals surface area contributed by atoms with E-state index in [9.17, 15) is 14.8 Å². The molecule has 1 saturated heterocycles. The number of fused-ring (bicyclic) bond motifs is 1. The number of pyridine rings is 1. The third-order valence-electron chi connectivity index (χ3n) is 5.58. The Hall–Kier alpha value is -3.37. The molecule has 0 amide bonds. The minimum Gasteiger partial charge on any atom is -0.569 e. The Bertz CT molecular complexity index is 1140. The van der Waals surface area contributed by atoms with Gasteiger partial charge in [0.1, 0.15) is 17.0 Å². The summed E-state index contributed by atoms with van der Waals surface area (Å²) in [6, 6.07) is 2.94. The minimum atomic E-state index is -0.761. The number of anilines is 1. The van der Waals surface area contributed by atoms with Crippen molar-refractivity contribution in [1.82, 2.24) is 9.58 Å². The summed E-state index contributed by atoms with van der Waals surface area (Å²) in [6.45, 7) is 6.32. The Balaban J connectivity index is 1.74. The molecular weight excluding hydrogens is 421 g/mol. The van der Waals surface area contributed by atoms with Gasteiger partial charge in [0.15, 0.2) is 0 Å². The van der Waals surface area contributed by atoms with Gasteiger partial charge in [-0.15, -0.1) is 5.01 Å². The summed E-state index contributed by atoms with van der Waals surface area (Å²) in [6.07, 6.45) is 3.33. The van der Waals surface area contributed by atoms with Crippen molar-refractivity contribution in [3.05, 3.63) is 45.1 Å². The number of hydrogen-bond donors (Lipinski definition) is 1. The first-order valence-electron chi connectivity index (χ1n) is 10.5. The van der Waals surface area contributed by atoms with Crippen LogP contribution in [0.4, 0.5) is 10.1 Å². The number of carbonyl (C=O) groups is 1. The van der Waals surface area contributed by atoms with E-state index in [-0.39, 0.29) is 35.1 Å². The standard InChI is InChI=1S/C21H26FN5O5/c1-21(2,3)32-20(29)15-12-26(13-4-5-13)17-11-18(16(22)10-14(17)19(15)28)24-6-8-25(9-7-24)27(31)23-30/h10-13,30H,4-9H2,1-3H3/b27-23-. The number of esters is 1. The second kappa shape index (κ2) is 7.95. The van der Waals surface area contributed by atoms with Crippen LogP contribution in [0.5, 0.6) is 0 Å². The van der Waals surface area contributed by atoms with E-state index in [0.29, 0.717) is 24.3 Å². The number of rotatable bonds is 4. The lowest BCUT2D eigenvalue weighted by Crippen LogP contribution is -2.49. The molecule has 2 fully saturated rings. The summed E-state index contributed by atoms with van der Waals surface area (Å²) in [5, 5.41) is 24.1. The number of benzene rings is 1. The first-order valence-corrected chi connectivity index (χ1v) is 10.5. The van der Waals surface area contributed by atoms with Crippen LogP contribution in [0.15, 0.2) is 28.4 Å². The molecule has 2 aromatic rings. The van der Waals surface area contributed by atoms with E-state index in [0.717, 1.165) is 12.8 Å². The molecule has 10 nitrogen and oxygen atoms in total. The molecule has 0 radical (unpaired) electrons. The van der Waals surface area contributed by atoms with Crippen LogP contribution in [-0.4, -0.2) is 57.5 Å². The lowest BCUT2D eigenvalue weighted by Gasteiger charge is -2.33. The van der Waals surface area contributed by atoms with E-state index in [1.165, 1.54) is 17.3 Å². The normalized spacial score (nSPS) is 17.7. The van der Waals surface area contributed by atoms with Crippen molar-refractivity contribution in [2.24, 2.45) is 5.28 Å². The maximum absolute atomic E-state index is 15.1. The van der Waals surface area contributed by atoms with E-state index in [2.05, 4.69) is 5.28 Å². The Morgan fingerprint density at radius 3 is 2.47 bits per heavy atom. The average molecular weight is 447 g/mol. The van der Waals surface area contributed by atoms with Gasteiger partial charge in [-0.25, -0.2) is 9.18 Å². The fraction of sp³-hybridized carbons (Fsp3) is 0.524. The van der Waals surface area contributed by atoms with Crippen LogP contribution in [0.3, 0.4) is 0 Å². The molecule has 1 aromatic heterocycles. The predicted octanol–water partition coefficient (Wildman–Crippen LogP) is 2.82. The van der Waals surface area contributed by atoms with Gasteiger partial charge in [0.05, 0.1) is 29.3 Å². The molecule has 1 aromatic carbocycles. The molecule has 32 heavy (non-hydrogen) atoms. The van der Waals surface area contributed by atoms with E-state index in [1.807, 2.05) is 4.57 Å². The fourth-order valence-electron chi connectivity index (χ4n) is 3.90. The van der Waals surface area contributed by atoms with Gasteiger partial charge in [-0.2, -0.15) is 0 Å². The quantitative estimate of drug-likeness (QED) is 0.332. The van der Waals surface area contributed by atoms with Gasteiger partial charge in [0.25, 0.3) is 0 Å². The average Bonchev–Trinajstić information content (AvgIpc) is 3.57. The zero-order valence-electron chi connectivity index (χ0n) is 18.2. The molecule has 11 heteroatoms. The highest BCUT2D eigenvalue weighted by atomic mass is 19.1. The van der Waals surface area contributed by atoms with Gasteiger partial charge in [-0.1, -0.05) is 0 Å². The molecule has 1 aliphatic carbocycles. The fourth-order valence-corrected chi connectivity index (χ4v) is 3.90. The topological polar surface area (TPSA) is 113 Å². The van der Waals surface area contributed by atoms with Crippen LogP contribution in [0.1, 0.15) is 50.0 Å². The summed E-state index contributed by atoms with van der Waals surface area (Å²) in [4.78, 5) is 27.6. The lowest BCUT2D eigenvalue weighted by molar-refractivity contribution is -0.710. The Labute approximate surface area is 183 Å². The minimum absolute atomic E-state index is 0.108. The molecule has 0 bridgehead atoms. The van der Waals surface area contributed by atoms with Crippen molar-refractivity contribution in [3.8, 4) is 0 Å². The van der Waals surface area contributed by atoms with E-state index in [1.54, 1.807) is 31.7 Å². The number of aromatic nitrogens is 1. The monoisotopic (exact) mass is 447 g/mol. The van der Waals surface area contributed by atoms with Crippen molar-refractivity contribution in [1.29, 1.82) is 0 Å². The molecule has 1 saturated carbocycles. The molecule has 2 heterocycles. The Morgan fingerprint density at radius 1 is 1.25 bits per heavy atom. The van der Waals surface area contributed by atoms with Crippen LogP contribution in [-0.2, 0) is 4.74 Å². The number of carbonyl (C=O) groups excluding carboxylic acids is 1. The number of nitrogens with zero attached hydrogens (tertiary/aromatic N) is 5. The van der Waals surface area contributed by atoms with Crippen LogP contribution >= 0.6 is 0 Å². The molecule has 172 valence electrons. The maximum Gasteiger partial charge on any atom is 0.344 e. The summed E-state index contributed by atoms with van der Waals surface area (Å²) in [5.41, 5.74) is -0.562. The third-order valence-corrected chi connectivity index (χ3v) is 5.58. The number of piperazine rings is 1. The van der Waals surface area contributed by atoms with Crippen LogP contribution in [0.2, 0.25) is 0 Å². The van der Waals surface area contributed by atoms with Crippen LogP contribution in [0.25, 0.3) is 10.9 Å². The van der Waals surface area contributed by atoms with Crippen molar-refractivity contribution in [2.75, 3.05) is 31.1 Å². The SMILES string of the molecule is CC(C)(C)OC(=O)c1cn(C2CC2)c2cc(N3CCN(/[N+]([O-])=N/O)CC3)c(F)cc2c1=O. The molecule has 1 N–H and O–H groups in total. The zero-order valence-corrected chi connectivity index (χ0v) is 18.2. The van der Waals surface area contributed by atoms with Gasteiger partial charge in [-0.05, 0) is 45.7 Å². The predicted molar refractivity (Wildman–Crippen MR) is 113 cm³/mol. The highest BCUT2D eigenvalue weighted by molar-refractivity contribution is 5.95. The highest BCUT2D eigenvalue weighted by Crippen LogP contribution is 2.38. The summed E-state index contributed by atoms with van der Waals surface area (Å²) >= 11 is 0. The van der Waals surface area contributed by atoms with Crippen molar-refractivity contribution >= 4 is 22.6 Å². The second-order valence-electron chi connectivity index (χ2n) is 9.12. The largest absolute Gasteiger partial charge is 0.569 e.